The van der Waals surface area contributed by atoms with Gasteiger partial charge in [-0.15, -0.1) is 0 Å². The van der Waals surface area contributed by atoms with Gasteiger partial charge in [0.05, 0.1) is 6.21 Å². The first kappa shape index (κ1) is 11.5. The number of ether oxygens (including phenoxy) is 1. The number of rotatable bonds is 4. The molecule has 0 spiro atoms. The molecule has 1 aromatic carbocycles. The molecule has 0 saturated carbocycles. The molecule has 0 aromatic heterocycles. The van der Waals surface area contributed by atoms with E-state index in [2.05, 4.69) is 21.1 Å². The highest BCUT2D eigenvalue weighted by molar-refractivity contribution is 9.10. The summed E-state index contributed by atoms with van der Waals surface area (Å²) in [5, 5.41) is 11.3. The van der Waals surface area contributed by atoms with Crippen LogP contribution in [0.3, 0.4) is 0 Å². The van der Waals surface area contributed by atoms with Crippen LogP contribution in [0, 0.1) is 0 Å². The summed E-state index contributed by atoms with van der Waals surface area (Å²) < 4.78 is 5.92. The number of carbonyl (C=O) groups excluding carboxylic acids is 1. The Hall–Kier alpha value is -1.56. The van der Waals surface area contributed by atoms with Crippen molar-refractivity contribution in [1.82, 2.24) is 0 Å². The Kier molecular flexibility index (Phi) is 4.11. The molecule has 0 heterocycles. The fourth-order valence-electron chi connectivity index (χ4n) is 0.963. The molecule has 0 fully saturated rings. The second-order valence-electron chi connectivity index (χ2n) is 2.68. The first-order chi connectivity index (χ1) is 7.13. The Morgan fingerprint density at radius 1 is 1.67 bits per heavy atom. The second kappa shape index (κ2) is 5.35. The van der Waals surface area contributed by atoms with Crippen LogP contribution in [0.2, 0.25) is 0 Å². The maximum Gasteiger partial charge on any atom is 0.255 e. The van der Waals surface area contributed by atoms with Crippen molar-refractivity contribution in [3.8, 4) is 5.75 Å². The van der Waals surface area contributed by atoms with E-state index >= 15 is 0 Å². The summed E-state index contributed by atoms with van der Waals surface area (Å²) in [5.41, 5.74) is 5.49. The highest BCUT2D eigenvalue weighted by Gasteiger charge is 2.04. The SMILES string of the molecule is NC(=O)COc1ccc(Br)cc1C=NO. The smallest absolute Gasteiger partial charge is 0.255 e. The molecule has 1 rings (SSSR count). The molecule has 0 atom stereocenters. The molecule has 0 unspecified atom stereocenters. The van der Waals surface area contributed by atoms with E-state index in [-0.39, 0.29) is 6.61 Å². The summed E-state index contributed by atoms with van der Waals surface area (Å²) in [6.45, 7) is -0.214. The normalized spacial score (nSPS) is 10.5. The first-order valence-electron chi connectivity index (χ1n) is 4.01. The quantitative estimate of drug-likeness (QED) is 0.489. The number of primary amides is 1. The van der Waals surface area contributed by atoms with Gasteiger partial charge in [-0.2, -0.15) is 0 Å². The fourth-order valence-corrected chi connectivity index (χ4v) is 1.34. The number of carbonyl (C=O) groups is 1. The summed E-state index contributed by atoms with van der Waals surface area (Å²) in [7, 11) is 0. The van der Waals surface area contributed by atoms with Crippen molar-refractivity contribution in [1.29, 1.82) is 0 Å². The first-order valence-corrected chi connectivity index (χ1v) is 4.81. The second-order valence-corrected chi connectivity index (χ2v) is 3.60. The van der Waals surface area contributed by atoms with E-state index in [1.54, 1.807) is 18.2 Å². The molecule has 0 aliphatic carbocycles. The molecule has 6 heteroatoms. The summed E-state index contributed by atoms with van der Waals surface area (Å²) in [5.74, 6) is -0.139. The van der Waals surface area contributed by atoms with Crippen molar-refractivity contribution in [3.05, 3.63) is 28.2 Å². The van der Waals surface area contributed by atoms with Crippen LogP contribution in [0.1, 0.15) is 5.56 Å². The van der Waals surface area contributed by atoms with Gasteiger partial charge in [-0.25, -0.2) is 0 Å². The van der Waals surface area contributed by atoms with E-state index in [9.17, 15) is 4.79 Å². The average molecular weight is 273 g/mol. The predicted molar refractivity (Wildman–Crippen MR) is 58.2 cm³/mol. The summed E-state index contributed by atoms with van der Waals surface area (Å²) in [4.78, 5) is 10.5. The lowest BCUT2D eigenvalue weighted by Gasteiger charge is -2.06. The van der Waals surface area contributed by atoms with Crippen LogP contribution in [0.25, 0.3) is 0 Å². The molecular weight excluding hydrogens is 264 g/mol. The Bertz CT molecular complexity index is 393. The topological polar surface area (TPSA) is 84.9 Å². The third kappa shape index (κ3) is 3.59. The van der Waals surface area contributed by atoms with E-state index < -0.39 is 5.91 Å². The van der Waals surface area contributed by atoms with Crippen molar-refractivity contribution in [2.45, 2.75) is 0 Å². The molecule has 0 aliphatic heterocycles. The maximum atomic E-state index is 10.5. The monoisotopic (exact) mass is 272 g/mol. The lowest BCUT2D eigenvalue weighted by Crippen LogP contribution is -2.20. The Morgan fingerprint density at radius 2 is 2.40 bits per heavy atom. The largest absolute Gasteiger partial charge is 0.483 e. The van der Waals surface area contributed by atoms with Gasteiger partial charge in [-0.05, 0) is 18.2 Å². The molecule has 15 heavy (non-hydrogen) atoms. The van der Waals surface area contributed by atoms with Crippen molar-refractivity contribution in [2.75, 3.05) is 6.61 Å². The standard InChI is InChI=1S/C9H9BrN2O3/c10-7-1-2-8(15-5-9(11)13)6(3-7)4-12-14/h1-4,14H,5H2,(H2,11,13). The van der Waals surface area contributed by atoms with Crippen molar-refractivity contribution in [2.24, 2.45) is 10.9 Å². The number of nitrogens with zero attached hydrogens (tertiary/aromatic N) is 1. The molecule has 0 radical (unpaired) electrons. The van der Waals surface area contributed by atoms with E-state index in [0.717, 1.165) is 4.47 Å². The molecular formula is C9H9BrN2O3. The van der Waals surface area contributed by atoms with Crippen LogP contribution in [-0.2, 0) is 4.79 Å². The third-order valence-electron chi connectivity index (χ3n) is 1.54. The number of benzene rings is 1. The minimum absolute atomic E-state index is 0.214. The van der Waals surface area contributed by atoms with E-state index in [1.807, 2.05) is 0 Å². The molecule has 0 bridgehead atoms. The van der Waals surface area contributed by atoms with E-state index in [1.165, 1.54) is 6.21 Å². The zero-order valence-electron chi connectivity index (χ0n) is 7.68. The van der Waals surface area contributed by atoms with Crippen LogP contribution >= 0.6 is 15.9 Å². The Labute approximate surface area is 94.7 Å². The fraction of sp³-hybridized carbons (Fsp3) is 0.111. The van der Waals surface area contributed by atoms with Gasteiger partial charge in [-0.3, -0.25) is 4.79 Å². The summed E-state index contributed by atoms with van der Waals surface area (Å²) in [6, 6.07) is 5.07. The van der Waals surface area contributed by atoms with Crippen LogP contribution in [0.4, 0.5) is 0 Å². The number of hydrogen-bond donors (Lipinski definition) is 2. The zero-order valence-corrected chi connectivity index (χ0v) is 9.27. The maximum absolute atomic E-state index is 10.5. The number of hydrogen-bond acceptors (Lipinski definition) is 4. The zero-order chi connectivity index (χ0) is 11.3. The lowest BCUT2D eigenvalue weighted by atomic mass is 10.2. The highest BCUT2D eigenvalue weighted by Crippen LogP contribution is 2.21. The van der Waals surface area contributed by atoms with E-state index in [4.69, 9.17) is 15.7 Å². The number of amides is 1. The van der Waals surface area contributed by atoms with E-state index in [0.29, 0.717) is 11.3 Å². The molecule has 3 N–H and O–H groups in total. The molecule has 1 aromatic rings. The van der Waals surface area contributed by atoms with Crippen LogP contribution in [0.15, 0.2) is 27.8 Å². The van der Waals surface area contributed by atoms with Gasteiger partial charge in [0.25, 0.3) is 5.91 Å². The lowest BCUT2D eigenvalue weighted by molar-refractivity contribution is -0.119. The van der Waals surface area contributed by atoms with Crippen molar-refractivity contribution < 1.29 is 14.7 Å². The predicted octanol–water partition coefficient (Wildman–Crippen LogP) is 1.12. The van der Waals surface area contributed by atoms with Crippen molar-refractivity contribution >= 4 is 28.1 Å². The molecule has 0 saturated heterocycles. The van der Waals surface area contributed by atoms with Gasteiger partial charge in [0.15, 0.2) is 6.61 Å². The van der Waals surface area contributed by atoms with Gasteiger partial charge < -0.3 is 15.7 Å². The van der Waals surface area contributed by atoms with Crippen molar-refractivity contribution in [3.63, 3.8) is 0 Å². The Balaban J connectivity index is 2.90. The summed E-state index contributed by atoms with van der Waals surface area (Å²) in [6.07, 6.45) is 1.21. The van der Waals surface area contributed by atoms with Crippen LogP contribution < -0.4 is 10.5 Å². The number of halogens is 1. The molecule has 1 amide bonds. The number of nitrogens with two attached hydrogens (primary N) is 1. The summed E-state index contributed by atoms with van der Waals surface area (Å²) >= 11 is 3.26. The Morgan fingerprint density at radius 3 is 3.00 bits per heavy atom. The van der Waals surface area contributed by atoms with Crippen LogP contribution in [-0.4, -0.2) is 23.9 Å². The van der Waals surface area contributed by atoms with Gasteiger partial charge in [0.1, 0.15) is 5.75 Å². The van der Waals surface area contributed by atoms with Gasteiger partial charge in [0.2, 0.25) is 0 Å². The minimum atomic E-state index is -0.565. The van der Waals surface area contributed by atoms with Gasteiger partial charge >= 0.3 is 0 Å². The molecule has 80 valence electrons. The minimum Gasteiger partial charge on any atom is -0.483 e. The molecule has 0 aliphatic rings. The highest BCUT2D eigenvalue weighted by atomic mass is 79.9. The third-order valence-corrected chi connectivity index (χ3v) is 2.03. The average Bonchev–Trinajstić information content (AvgIpc) is 2.17. The number of oxime groups is 1. The van der Waals surface area contributed by atoms with Gasteiger partial charge in [-0.1, -0.05) is 21.1 Å². The molecule has 5 nitrogen and oxygen atoms in total. The van der Waals surface area contributed by atoms with Gasteiger partial charge in [0, 0.05) is 10.0 Å². The van der Waals surface area contributed by atoms with Crippen LogP contribution in [0.5, 0.6) is 5.75 Å².